The van der Waals surface area contributed by atoms with Crippen LogP contribution in [0.2, 0.25) is 0 Å². The highest BCUT2D eigenvalue weighted by Crippen LogP contribution is 2.22. The summed E-state index contributed by atoms with van der Waals surface area (Å²) >= 11 is 0. The van der Waals surface area contributed by atoms with Gasteiger partial charge in [0.2, 0.25) is 5.95 Å². The summed E-state index contributed by atoms with van der Waals surface area (Å²) < 4.78 is 36.4. The largest absolute Gasteiger partial charge is 0.463 e. The van der Waals surface area contributed by atoms with E-state index >= 15 is 0 Å². The van der Waals surface area contributed by atoms with Gasteiger partial charge in [0.05, 0.1) is 6.61 Å². The van der Waals surface area contributed by atoms with Crippen LogP contribution in [0.3, 0.4) is 0 Å². The van der Waals surface area contributed by atoms with Crippen molar-refractivity contribution < 1.29 is 18.3 Å². The number of rotatable bonds is 5. The molecule has 8 heteroatoms. The van der Waals surface area contributed by atoms with Gasteiger partial charge in [0.25, 0.3) is 0 Å². The maximum atomic E-state index is 13.0. The molecule has 6 nitrogen and oxygen atoms in total. The molecule has 20 heavy (non-hydrogen) atoms. The van der Waals surface area contributed by atoms with E-state index < -0.39 is 11.6 Å². The van der Waals surface area contributed by atoms with E-state index in [2.05, 4.69) is 15.0 Å². The minimum absolute atomic E-state index is 0.00812. The average Bonchev–Trinajstić information content (AvgIpc) is 2.34. The number of hydrogen-bond acceptors (Lipinski definition) is 6. The van der Waals surface area contributed by atoms with Gasteiger partial charge >= 0.3 is 12.0 Å². The molecule has 0 aliphatic heterocycles. The van der Waals surface area contributed by atoms with Gasteiger partial charge in [-0.05, 0) is 6.42 Å². The Hall–Kier alpha value is -2.51. The predicted molar refractivity (Wildman–Crippen MR) is 66.5 cm³/mol. The second-order valence-electron chi connectivity index (χ2n) is 3.81. The van der Waals surface area contributed by atoms with Gasteiger partial charge in [-0.3, -0.25) is 0 Å². The lowest BCUT2D eigenvalue weighted by atomic mass is 10.3. The minimum atomic E-state index is -0.774. The van der Waals surface area contributed by atoms with Gasteiger partial charge in [-0.1, -0.05) is 6.92 Å². The molecular weight excluding hydrogens is 270 g/mol. The van der Waals surface area contributed by atoms with Crippen molar-refractivity contribution in [2.75, 3.05) is 12.3 Å². The normalized spacial score (nSPS) is 10.3. The van der Waals surface area contributed by atoms with E-state index in [0.717, 1.165) is 24.6 Å². The molecule has 1 heterocycles. The summed E-state index contributed by atoms with van der Waals surface area (Å²) in [6.07, 6.45) is 0.761. The molecule has 0 saturated carbocycles. The lowest BCUT2D eigenvalue weighted by Crippen LogP contribution is -2.05. The number of benzene rings is 1. The number of aromatic nitrogens is 3. The Morgan fingerprint density at radius 3 is 2.35 bits per heavy atom. The van der Waals surface area contributed by atoms with Crippen molar-refractivity contribution in [3.63, 3.8) is 0 Å². The number of nitrogen functional groups attached to an aromatic ring is 1. The van der Waals surface area contributed by atoms with Crippen LogP contribution in [0.25, 0.3) is 0 Å². The first-order valence-corrected chi connectivity index (χ1v) is 5.85. The van der Waals surface area contributed by atoms with Crippen LogP contribution >= 0.6 is 0 Å². The molecule has 0 bridgehead atoms. The van der Waals surface area contributed by atoms with Crippen LogP contribution in [0.1, 0.15) is 13.3 Å². The summed E-state index contributed by atoms with van der Waals surface area (Å²) in [6, 6.07) is 2.51. The van der Waals surface area contributed by atoms with Gasteiger partial charge in [-0.25, -0.2) is 8.78 Å². The summed E-state index contributed by atoms with van der Waals surface area (Å²) in [5, 5.41) is 0. The Bertz CT molecular complexity index is 590. The van der Waals surface area contributed by atoms with Crippen LogP contribution in [0, 0.1) is 11.6 Å². The molecule has 0 radical (unpaired) electrons. The monoisotopic (exact) mass is 282 g/mol. The smallest absolute Gasteiger partial charge is 0.330 e. The van der Waals surface area contributed by atoms with Gasteiger partial charge in [-0.2, -0.15) is 9.97 Å². The molecule has 0 unspecified atom stereocenters. The summed E-state index contributed by atoms with van der Waals surface area (Å²) in [4.78, 5) is 11.3. The quantitative estimate of drug-likeness (QED) is 0.906. The zero-order valence-corrected chi connectivity index (χ0v) is 10.6. The lowest BCUT2D eigenvalue weighted by Gasteiger charge is -2.07. The third kappa shape index (κ3) is 3.74. The molecule has 0 fully saturated rings. The molecule has 0 atom stereocenters. The summed E-state index contributed by atoms with van der Waals surface area (Å²) in [6.45, 7) is 2.31. The van der Waals surface area contributed by atoms with Crippen LogP contribution < -0.4 is 15.2 Å². The highest BCUT2D eigenvalue weighted by molar-refractivity contribution is 5.28. The molecule has 106 valence electrons. The summed E-state index contributed by atoms with van der Waals surface area (Å²) in [5.74, 6) is -1.75. The van der Waals surface area contributed by atoms with Crippen molar-refractivity contribution in [2.24, 2.45) is 0 Å². The topological polar surface area (TPSA) is 83.2 Å². The van der Waals surface area contributed by atoms with Gasteiger partial charge < -0.3 is 15.2 Å². The Kier molecular flexibility index (Phi) is 4.24. The molecule has 2 rings (SSSR count). The first-order valence-electron chi connectivity index (χ1n) is 5.85. The fourth-order valence-electron chi connectivity index (χ4n) is 1.35. The summed E-state index contributed by atoms with van der Waals surface area (Å²) in [5.41, 5.74) is 5.47. The SMILES string of the molecule is CCCOc1nc(N)nc(Oc2cc(F)cc(F)c2)n1. The van der Waals surface area contributed by atoms with E-state index in [4.69, 9.17) is 15.2 Å². The number of nitrogens with zero attached hydrogens (tertiary/aromatic N) is 3. The fraction of sp³-hybridized carbons (Fsp3) is 0.250. The van der Waals surface area contributed by atoms with Crippen molar-refractivity contribution >= 4 is 5.95 Å². The van der Waals surface area contributed by atoms with E-state index in [9.17, 15) is 8.78 Å². The van der Waals surface area contributed by atoms with Crippen molar-refractivity contribution in [2.45, 2.75) is 13.3 Å². The van der Waals surface area contributed by atoms with Crippen LogP contribution in [0.4, 0.5) is 14.7 Å². The molecule has 0 amide bonds. The average molecular weight is 282 g/mol. The van der Waals surface area contributed by atoms with Gasteiger partial charge in [-0.15, -0.1) is 4.98 Å². The molecule has 1 aromatic carbocycles. The molecule has 2 aromatic rings. The number of anilines is 1. The van der Waals surface area contributed by atoms with Gasteiger partial charge in [0.15, 0.2) is 0 Å². The number of ether oxygens (including phenoxy) is 2. The first-order chi connectivity index (χ1) is 9.56. The zero-order chi connectivity index (χ0) is 14.5. The Labute approximate surface area is 113 Å². The maximum Gasteiger partial charge on any atom is 0.330 e. The van der Waals surface area contributed by atoms with Crippen LogP contribution in [0.5, 0.6) is 17.8 Å². The highest BCUT2D eigenvalue weighted by Gasteiger charge is 2.09. The van der Waals surface area contributed by atoms with Crippen molar-refractivity contribution in [3.05, 3.63) is 29.8 Å². The number of hydrogen-bond donors (Lipinski definition) is 1. The molecule has 2 N–H and O–H groups in total. The van der Waals surface area contributed by atoms with E-state index in [0.29, 0.717) is 6.61 Å². The van der Waals surface area contributed by atoms with Gasteiger partial charge in [0, 0.05) is 18.2 Å². The standard InChI is InChI=1S/C12H12F2N4O2/c1-2-3-19-11-16-10(15)17-12(18-11)20-9-5-7(13)4-8(14)6-9/h4-6H,2-3H2,1H3,(H2,15,16,17,18). The Morgan fingerprint density at radius 1 is 1.05 bits per heavy atom. The van der Waals surface area contributed by atoms with E-state index in [-0.39, 0.29) is 23.7 Å². The first kappa shape index (κ1) is 13.9. The zero-order valence-electron chi connectivity index (χ0n) is 10.6. The molecule has 0 saturated heterocycles. The third-order valence-corrected chi connectivity index (χ3v) is 2.09. The molecule has 0 aliphatic carbocycles. The van der Waals surface area contributed by atoms with Crippen LogP contribution in [0.15, 0.2) is 18.2 Å². The van der Waals surface area contributed by atoms with E-state index in [1.165, 1.54) is 0 Å². The van der Waals surface area contributed by atoms with Crippen molar-refractivity contribution in [1.29, 1.82) is 0 Å². The fourth-order valence-corrected chi connectivity index (χ4v) is 1.35. The summed E-state index contributed by atoms with van der Waals surface area (Å²) in [7, 11) is 0. The lowest BCUT2D eigenvalue weighted by molar-refractivity contribution is 0.285. The second-order valence-corrected chi connectivity index (χ2v) is 3.81. The molecular formula is C12H12F2N4O2. The number of halogens is 2. The van der Waals surface area contributed by atoms with Gasteiger partial charge in [0.1, 0.15) is 17.4 Å². The third-order valence-electron chi connectivity index (χ3n) is 2.09. The van der Waals surface area contributed by atoms with Crippen molar-refractivity contribution in [1.82, 2.24) is 15.0 Å². The highest BCUT2D eigenvalue weighted by atomic mass is 19.1. The predicted octanol–water partition coefficient (Wildman–Crippen LogP) is 2.31. The van der Waals surface area contributed by atoms with Crippen molar-refractivity contribution in [3.8, 4) is 17.8 Å². The molecule has 0 spiro atoms. The van der Waals surface area contributed by atoms with E-state index in [1.807, 2.05) is 6.92 Å². The van der Waals surface area contributed by atoms with Crippen LogP contribution in [-0.2, 0) is 0 Å². The minimum Gasteiger partial charge on any atom is -0.463 e. The Morgan fingerprint density at radius 2 is 1.70 bits per heavy atom. The Balaban J connectivity index is 2.21. The van der Waals surface area contributed by atoms with Crippen LogP contribution in [-0.4, -0.2) is 21.6 Å². The molecule has 0 aliphatic rings. The second kappa shape index (κ2) is 6.09. The number of nitrogens with two attached hydrogens (primary N) is 1. The van der Waals surface area contributed by atoms with E-state index in [1.54, 1.807) is 0 Å². The molecule has 1 aromatic heterocycles. The maximum absolute atomic E-state index is 13.0.